The number of aliphatic hydroxyl groups excluding tert-OH is 1. The molecule has 3 aliphatic carbocycles. The molecule has 13 heteroatoms. The summed E-state index contributed by atoms with van der Waals surface area (Å²) in [7, 11) is 9.08. The molecule has 0 bridgehead atoms. The second kappa shape index (κ2) is 20.2. The number of aliphatic hydroxyl groups is 1. The molecule has 4 unspecified atom stereocenters. The number of methoxy groups -OCH3 is 3. The number of anilines is 1. The number of carbonyl (C=O) groups excluding carboxylic acids is 2. The number of esters is 1. The first-order valence-electron chi connectivity index (χ1n) is 23.1. The lowest BCUT2D eigenvalue weighted by Gasteiger charge is -2.47. The number of rotatable bonds is 11. The van der Waals surface area contributed by atoms with Crippen molar-refractivity contribution >= 4 is 17.4 Å². The molecule has 3 heterocycles. The molecule has 7 rings (SSSR count). The SMILES string of the molecule is CC[C@H]1CCC[C@H](O[C@H]2CC[C@H](N(C)C)C(C)O2)[C@@H](C)C(=O)C2=C[C@H]3[C@@H]4C[C@H](O[C@@H]5OC(C)[C@H](OC)C(OC)C5OC)C[C@H]4[C@H](Nc4ccc(C)cc4)[C@@H](O)[C@H]3[C@@H]2CC(=O)O1. The number of cyclic esters (lactones) is 1. The van der Waals surface area contributed by atoms with Crippen LogP contribution in [0.5, 0.6) is 0 Å². The average Bonchev–Trinajstić information content (AvgIpc) is 3.82. The minimum atomic E-state index is -0.873. The summed E-state index contributed by atoms with van der Waals surface area (Å²) in [6.45, 7) is 10.1. The summed E-state index contributed by atoms with van der Waals surface area (Å²) in [6, 6.07) is 8.14. The van der Waals surface area contributed by atoms with E-state index in [9.17, 15) is 9.90 Å². The fraction of sp³-hybridized carbons (Fsp3) is 0.792. The number of Topliss-reactive ketones (excluding diaryl/α,β-unsaturated/α-hetero) is 1. The Labute approximate surface area is 363 Å². The molecule has 3 aliphatic heterocycles. The van der Waals surface area contributed by atoms with E-state index in [1.807, 2.05) is 32.9 Å². The molecule has 0 aromatic heterocycles. The fourth-order valence-electron chi connectivity index (χ4n) is 12.1. The fourth-order valence-corrected chi connectivity index (χ4v) is 12.1. The summed E-state index contributed by atoms with van der Waals surface area (Å²) < 4.78 is 50.3. The molecule has 13 nitrogen and oxygen atoms in total. The lowest BCUT2D eigenvalue weighted by atomic mass is 9.62. The van der Waals surface area contributed by atoms with Crippen LogP contribution >= 0.6 is 0 Å². The van der Waals surface area contributed by atoms with E-state index in [1.54, 1.807) is 21.3 Å². The van der Waals surface area contributed by atoms with E-state index >= 15 is 4.79 Å². The maximum Gasteiger partial charge on any atom is 0.306 e. The molecule has 19 atom stereocenters. The number of ether oxygens (including phenoxy) is 8. The monoisotopic (exact) mass is 855 g/mol. The zero-order valence-electron chi connectivity index (χ0n) is 38.2. The maximum absolute atomic E-state index is 15.1. The highest BCUT2D eigenvalue weighted by Gasteiger charge is 2.60. The first-order chi connectivity index (χ1) is 29.3. The number of carbonyl (C=O) groups is 2. The maximum atomic E-state index is 15.1. The molecule has 2 N–H and O–H groups in total. The molecular weight excluding hydrogens is 781 g/mol. The van der Waals surface area contributed by atoms with Crippen molar-refractivity contribution in [2.24, 2.45) is 35.5 Å². The number of hydrogen-bond donors (Lipinski definition) is 2. The van der Waals surface area contributed by atoms with E-state index in [0.29, 0.717) is 43.7 Å². The Morgan fingerprint density at radius 1 is 0.852 bits per heavy atom. The largest absolute Gasteiger partial charge is 0.462 e. The van der Waals surface area contributed by atoms with Gasteiger partial charge >= 0.3 is 5.97 Å². The smallest absolute Gasteiger partial charge is 0.306 e. The number of benzene rings is 1. The normalized spacial score (nSPS) is 43.3. The van der Waals surface area contributed by atoms with Gasteiger partial charge in [0, 0.05) is 50.8 Å². The number of allylic oxidation sites excluding steroid dienone is 2. The van der Waals surface area contributed by atoms with Crippen LogP contribution in [0.15, 0.2) is 35.9 Å². The molecule has 3 saturated heterocycles. The van der Waals surface area contributed by atoms with Gasteiger partial charge in [-0.05, 0) is 122 Å². The van der Waals surface area contributed by atoms with Crippen LogP contribution in [0, 0.1) is 42.4 Å². The predicted molar refractivity (Wildman–Crippen MR) is 230 cm³/mol. The molecule has 5 fully saturated rings. The summed E-state index contributed by atoms with van der Waals surface area (Å²) >= 11 is 0. The molecular formula is C48H74N2O11. The van der Waals surface area contributed by atoms with E-state index in [0.717, 1.165) is 30.5 Å². The number of likely N-dealkylation sites (N-methyl/N-ethyl adjacent to an activating group) is 1. The van der Waals surface area contributed by atoms with Gasteiger partial charge in [0.05, 0.1) is 43.0 Å². The van der Waals surface area contributed by atoms with Crippen molar-refractivity contribution in [1.29, 1.82) is 0 Å². The van der Waals surface area contributed by atoms with Crippen LogP contribution in [-0.4, -0.2) is 137 Å². The van der Waals surface area contributed by atoms with Crippen LogP contribution in [0.4, 0.5) is 5.69 Å². The zero-order valence-corrected chi connectivity index (χ0v) is 38.2. The quantitative estimate of drug-likeness (QED) is 0.249. The lowest BCUT2D eigenvalue weighted by Crippen LogP contribution is -2.59. The van der Waals surface area contributed by atoms with Crippen molar-refractivity contribution in [2.45, 2.75) is 172 Å². The Hall–Kier alpha value is -2.46. The van der Waals surface area contributed by atoms with Crippen LogP contribution in [-0.2, 0) is 47.5 Å². The summed E-state index contributed by atoms with van der Waals surface area (Å²) in [5.74, 6) is -1.88. The molecule has 2 saturated carbocycles. The molecule has 0 radical (unpaired) electrons. The van der Waals surface area contributed by atoms with E-state index in [2.05, 4.69) is 56.4 Å². The second-order valence-corrected chi connectivity index (χ2v) is 19.1. The first kappa shape index (κ1) is 46.5. The van der Waals surface area contributed by atoms with Gasteiger partial charge < -0.3 is 53.2 Å². The highest BCUT2D eigenvalue weighted by Crippen LogP contribution is 2.57. The molecule has 0 spiro atoms. The van der Waals surface area contributed by atoms with Crippen LogP contribution in [0.25, 0.3) is 0 Å². The van der Waals surface area contributed by atoms with Gasteiger partial charge in [0.15, 0.2) is 18.4 Å². The van der Waals surface area contributed by atoms with Crippen LogP contribution in [0.2, 0.25) is 0 Å². The Morgan fingerprint density at radius 2 is 1.56 bits per heavy atom. The van der Waals surface area contributed by atoms with Crippen molar-refractivity contribution < 1.29 is 52.6 Å². The molecule has 1 aromatic rings. The zero-order chi connectivity index (χ0) is 43.7. The number of hydrogen-bond acceptors (Lipinski definition) is 13. The van der Waals surface area contributed by atoms with Gasteiger partial charge in [0.2, 0.25) is 0 Å². The van der Waals surface area contributed by atoms with Crippen molar-refractivity contribution in [3.8, 4) is 0 Å². The van der Waals surface area contributed by atoms with Crippen molar-refractivity contribution in [3.05, 3.63) is 41.5 Å². The summed E-state index contributed by atoms with van der Waals surface area (Å²) in [5.41, 5.74) is 2.66. The van der Waals surface area contributed by atoms with Gasteiger partial charge in [-0.3, -0.25) is 9.59 Å². The van der Waals surface area contributed by atoms with E-state index in [4.69, 9.17) is 37.9 Å². The average molecular weight is 855 g/mol. The van der Waals surface area contributed by atoms with Gasteiger partial charge in [0.1, 0.15) is 24.4 Å². The number of aryl methyl sites for hydroxylation is 1. The summed E-state index contributed by atoms with van der Waals surface area (Å²) in [5, 5.41) is 16.5. The molecule has 6 aliphatic rings. The molecule has 1 aromatic carbocycles. The van der Waals surface area contributed by atoms with E-state index < -0.39 is 48.6 Å². The minimum Gasteiger partial charge on any atom is -0.462 e. The first-order valence-corrected chi connectivity index (χ1v) is 23.1. The van der Waals surface area contributed by atoms with Gasteiger partial charge in [-0.2, -0.15) is 0 Å². The van der Waals surface area contributed by atoms with Crippen molar-refractivity contribution in [3.63, 3.8) is 0 Å². The Morgan fingerprint density at radius 3 is 2.21 bits per heavy atom. The van der Waals surface area contributed by atoms with Gasteiger partial charge in [-0.15, -0.1) is 0 Å². The van der Waals surface area contributed by atoms with Gasteiger partial charge in [-0.1, -0.05) is 37.6 Å². The number of ketones is 1. The third-order valence-electron chi connectivity index (χ3n) is 15.3. The van der Waals surface area contributed by atoms with E-state index in [1.165, 1.54) is 0 Å². The number of fused-ring (bicyclic) bond motifs is 5. The van der Waals surface area contributed by atoms with Crippen molar-refractivity contribution in [1.82, 2.24) is 4.90 Å². The van der Waals surface area contributed by atoms with Crippen molar-refractivity contribution in [2.75, 3.05) is 40.7 Å². The highest BCUT2D eigenvalue weighted by atomic mass is 16.7. The molecule has 0 amide bonds. The highest BCUT2D eigenvalue weighted by molar-refractivity contribution is 5.99. The Bertz CT molecular complexity index is 1660. The third-order valence-corrected chi connectivity index (χ3v) is 15.3. The topological polar surface area (TPSA) is 143 Å². The number of nitrogens with zero attached hydrogens (tertiary/aromatic N) is 1. The van der Waals surface area contributed by atoms with Crippen LogP contribution in [0.1, 0.15) is 91.0 Å². The summed E-state index contributed by atoms with van der Waals surface area (Å²) in [6.07, 6.45) is 3.57. The van der Waals surface area contributed by atoms with Crippen LogP contribution in [0.3, 0.4) is 0 Å². The standard InChI is InChI=1S/C48H74N2O11/c1-11-30-13-12-14-38(61-40-20-19-37(50(6)7)27(4)57-40)26(3)43(52)36-23-33-32-21-31(60-48-47(56-10)46(55-9)45(54-8)28(5)58-48)22-35(32)42(49-29-17-15-25(2)16-18-29)44(53)41(33)34(36)24-39(51)59-30/h15-18,23,26-28,30-35,37-38,40-42,44-49,53H,11-14,19-22,24H2,1-10H3/t26-,27?,28?,30+,31+,32+,33+,34-,35-,37+,38+,40+,41-,42+,44+,45+,46?,47?,48+/m1/s1. The number of nitrogens with one attached hydrogen (secondary N) is 1. The van der Waals surface area contributed by atoms with E-state index in [-0.39, 0.29) is 78.6 Å². The molecule has 342 valence electrons. The lowest BCUT2D eigenvalue weighted by molar-refractivity contribution is -0.314. The third kappa shape index (κ3) is 9.81. The van der Waals surface area contributed by atoms with Gasteiger partial charge in [-0.25, -0.2) is 0 Å². The van der Waals surface area contributed by atoms with Gasteiger partial charge in [0.25, 0.3) is 0 Å². The second-order valence-electron chi connectivity index (χ2n) is 19.1. The summed E-state index contributed by atoms with van der Waals surface area (Å²) in [4.78, 5) is 31.2. The molecule has 61 heavy (non-hydrogen) atoms. The Kier molecular flexibility index (Phi) is 15.4. The Balaban J connectivity index is 1.20. The minimum absolute atomic E-state index is 0.00723. The predicted octanol–water partition coefficient (Wildman–Crippen LogP) is 6.08. The van der Waals surface area contributed by atoms with Crippen LogP contribution < -0.4 is 5.32 Å².